The van der Waals surface area contributed by atoms with Crippen LogP contribution in [0.4, 0.5) is 0 Å². The van der Waals surface area contributed by atoms with E-state index in [1.54, 1.807) is 6.92 Å². The van der Waals surface area contributed by atoms with Crippen LogP contribution in [0.1, 0.15) is 35.8 Å². The van der Waals surface area contributed by atoms with Crippen molar-refractivity contribution in [1.29, 1.82) is 0 Å². The summed E-state index contributed by atoms with van der Waals surface area (Å²) in [5.74, 6) is -0.723. The average Bonchev–Trinajstić information content (AvgIpc) is 3.22. The number of ether oxygens (including phenoxy) is 1. The molecule has 4 nitrogen and oxygen atoms in total. The Bertz CT molecular complexity index is 791. The lowest BCUT2D eigenvalue weighted by molar-refractivity contribution is -0.149. The van der Waals surface area contributed by atoms with Gasteiger partial charge in [0.15, 0.2) is 6.10 Å². The van der Waals surface area contributed by atoms with E-state index < -0.39 is 12.1 Å². The Kier molecular flexibility index (Phi) is 5.34. The summed E-state index contributed by atoms with van der Waals surface area (Å²) >= 11 is 1.47. The maximum atomic E-state index is 12.7. The van der Waals surface area contributed by atoms with Gasteiger partial charge in [0.25, 0.3) is 5.91 Å². The van der Waals surface area contributed by atoms with Gasteiger partial charge in [-0.05, 0) is 49.8 Å². The molecule has 1 aromatic heterocycles. The molecule has 1 amide bonds. The standard InChI is InChI=1S/C20H21NO3S/c1-13-5-3-6-15(11-13)12-17(18-7-4-10-25-18)20(23)24-14(2)19(22)21-16-8-9-16/h3-7,10-12,14,16H,8-9H2,1-2H3,(H,21,22)/b17-12+/t14-/m1/s1. The zero-order valence-electron chi connectivity index (χ0n) is 14.3. The molecule has 1 aromatic carbocycles. The highest BCUT2D eigenvalue weighted by atomic mass is 32.1. The van der Waals surface area contributed by atoms with Crippen molar-refractivity contribution >= 4 is 34.9 Å². The van der Waals surface area contributed by atoms with Gasteiger partial charge in [-0.3, -0.25) is 4.79 Å². The third kappa shape index (κ3) is 4.79. The van der Waals surface area contributed by atoms with Crippen LogP contribution in [-0.2, 0) is 14.3 Å². The van der Waals surface area contributed by atoms with Gasteiger partial charge in [-0.2, -0.15) is 0 Å². The number of hydrogen-bond acceptors (Lipinski definition) is 4. The monoisotopic (exact) mass is 355 g/mol. The first-order valence-corrected chi connectivity index (χ1v) is 9.24. The highest BCUT2D eigenvalue weighted by Gasteiger charge is 2.28. The molecule has 2 aromatic rings. The minimum absolute atomic E-state index is 0.239. The summed E-state index contributed by atoms with van der Waals surface area (Å²) in [6.45, 7) is 3.61. The molecule has 1 atom stereocenters. The minimum Gasteiger partial charge on any atom is -0.449 e. The second-order valence-electron chi connectivity index (χ2n) is 6.28. The largest absolute Gasteiger partial charge is 0.449 e. The van der Waals surface area contributed by atoms with Crippen LogP contribution in [0.3, 0.4) is 0 Å². The van der Waals surface area contributed by atoms with Crippen molar-refractivity contribution in [3.05, 3.63) is 57.8 Å². The van der Waals surface area contributed by atoms with Crippen LogP contribution >= 0.6 is 11.3 Å². The van der Waals surface area contributed by atoms with E-state index in [0.717, 1.165) is 28.8 Å². The molecule has 0 spiro atoms. The van der Waals surface area contributed by atoms with Crippen LogP contribution in [0.25, 0.3) is 11.6 Å². The molecule has 25 heavy (non-hydrogen) atoms. The van der Waals surface area contributed by atoms with E-state index >= 15 is 0 Å². The number of amides is 1. The van der Waals surface area contributed by atoms with Gasteiger partial charge < -0.3 is 10.1 Å². The minimum atomic E-state index is -0.811. The van der Waals surface area contributed by atoms with Crippen molar-refractivity contribution in [3.63, 3.8) is 0 Å². The maximum Gasteiger partial charge on any atom is 0.340 e. The molecule has 3 rings (SSSR count). The van der Waals surface area contributed by atoms with Crippen LogP contribution in [0.2, 0.25) is 0 Å². The van der Waals surface area contributed by atoms with E-state index in [1.807, 2.05) is 54.8 Å². The number of rotatable bonds is 6. The van der Waals surface area contributed by atoms with Gasteiger partial charge in [0.1, 0.15) is 0 Å². The zero-order chi connectivity index (χ0) is 17.8. The van der Waals surface area contributed by atoms with E-state index in [4.69, 9.17) is 4.74 Å². The molecule has 1 saturated carbocycles. The fraction of sp³-hybridized carbons (Fsp3) is 0.300. The summed E-state index contributed by atoms with van der Waals surface area (Å²) in [5.41, 5.74) is 2.51. The average molecular weight is 355 g/mol. The summed E-state index contributed by atoms with van der Waals surface area (Å²) in [6.07, 6.45) is 3.00. The Hall–Kier alpha value is -2.40. The number of benzene rings is 1. The van der Waals surface area contributed by atoms with Gasteiger partial charge in [0.05, 0.1) is 5.57 Å². The molecule has 1 aliphatic carbocycles. The molecule has 0 bridgehead atoms. The lowest BCUT2D eigenvalue weighted by Gasteiger charge is -2.14. The fourth-order valence-electron chi connectivity index (χ4n) is 2.41. The van der Waals surface area contributed by atoms with E-state index in [-0.39, 0.29) is 11.9 Å². The highest BCUT2D eigenvalue weighted by Crippen LogP contribution is 2.25. The predicted molar refractivity (Wildman–Crippen MR) is 100 cm³/mol. The molecule has 1 heterocycles. The second-order valence-corrected chi connectivity index (χ2v) is 7.23. The predicted octanol–water partition coefficient (Wildman–Crippen LogP) is 3.81. The van der Waals surface area contributed by atoms with Crippen molar-refractivity contribution in [3.8, 4) is 0 Å². The molecule has 0 radical (unpaired) electrons. The van der Waals surface area contributed by atoms with Crippen LogP contribution in [0.5, 0.6) is 0 Å². The van der Waals surface area contributed by atoms with E-state index in [9.17, 15) is 9.59 Å². The van der Waals surface area contributed by atoms with Gasteiger partial charge in [-0.15, -0.1) is 11.3 Å². The Labute approximate surface area is 151 Å². The summed E-state index contributed by atoms with van der Waals surface area (Å²) in [5, 5.41) is 4.77. The third-order valence-electron chi connectivity index (χ3n) is 3.94. The quantitative estimate of drug-likeness (QED) is 0.633. The molecule has 1 aliphatic rings. The highest BCUT2D eigenvalue weighted by molar-refractivity contribution is 7.11. The Morgan fingerprint density at radius 1 is 1.28 bits per heavy atom. The van der Waals surface area contributed by atoms with E-state index in [2.05, 4.69) is 5.32 Å². The molecular weight excluding hydrogens is 334 g/mol. The number of carbonyl (C=O) groups excluding carboxylic acids is 2. The van der Waals surface area contributed by atoms with E-state index in [0.29, 0.717) is 5.57 Å². The summed E-state index contributed by atoms with van der Waals surface area (Å²) in [7, 11) is 0. The third-order valence-corrected chi connectivity index (χ3v) is 4.84. The maximum absolute atomic E-state index is 12.7. The van der Waals surface area contributed by atoms with Gasteiger partial charge in [-0.1, -0.05) is 35.9 Å². The topological polar surface area (TPSA) is 55.4 Å². The first-order chi connectivity index (χ1) is 12.0. The number of hydrogen-bond donors (Lipinski definition) is 1. The fourth-order valence-corrected chi connectivity index (χ4v) is 3.14. The van der Waals surface area contributed by atoms with Gasteiger partial charge in [-0.25, -0.2) is 4.79 Å². The first-order valence-electron chi connectivity index (χ1n) is 8.36. The van der Waals surface area contributed by atoms with Crippen molar-refractivity contribution in [1.82, 2.24) is 5.32 Å². The summed E-state index contributed by atoms with van der Waals surface area (Å²) in [4.78, 5) is 25.5. The normalized spacial score (nSPS) is 15.5. The Morgan fingerprint density at radius 2 is 2.08 bits per heavy atom. The van der Waals surface area contributed by atoms with Crippen LogP contribution < -0.4 is 5.32 Å². The lowest BCUT2D eigenvalue weighted by Crippen LogP contribution is -2.37. The number of thiophene rings is 1. The summed E-state index contributed by atoms with van der Waals surface area (Å²) < 4.78 is 5.42. The first kappa shape index (κ1) is 17.4. The smallest absolute Gasteiger partial charge is 0.340 e. The van der Waals surface area contributed by atoms with Crippen LogP contribution in [-0.4, -0.2) is 24.0 Å². The molecule has 0 unspecified atom stereocenters. The Morgan fingerprint density at radius 3 is 2.72 bits per heavy atom. The van der Waals surface area contributed by atoms with Gasteiger partial charge in [0, 0.05) is 10.9 Å². The van der Waals surface area contributed by atoms with Crippen molar-refractivity contribution < 1.29 is 14.3 Å². The second kappa shape index (κ2) is 7.66. The van der Waals surface area contributed by atoms with E-state index in [1.165, 1.54) is 11.3 Å². The molecule has 1 fully saturated rings. The summed E-state index contributed by atoms with van der Waals surface area (Å²) in [6, 6.07) is 11.9. The zero-order valence-corrected chi connectivity index (χ0v) is 15.1. The molecular formula is C20H21NO3S. The lowest BCUT2D eigenvalue weighted by atomic mass is 10.1. The van der Waals surface area contributed by atoms with Crippen molar-refractivity contribution in [2.45, 2.75) is 38.8 Å². The van der Waals surface area contributed by atoms with Crippen LogP contribution in [0, 0.1) is 6.92 Å². The number of aryl methyl sites for hydroxylation is 1. The van der Waals surface area contributed by atoms with Crippen molar-refractivity contribution in [2.75, 3.05) is 0 Å². The molecule has 5 heteroatoms. The Balaban J connectivity index is 1.79. The number of esters is 1. The van der Waals surface area contributed by atoms with Crippen molar-refractivity contribution in [2.24, 2.45) is 0 Å². The van der Waals surface area contributed by atoms with Gasteiger partial charge in [0.2, 0.25) is 0 Å². The molecule has 130 valence electrons. The molecule has 0 aliphatic heterocycles. The number of carbonyl (C=O) groups is 2. The van der Waals surface area contributed by atoms with Crippen LogP contribution in [0.15, 0.2) is 41.8 Å². The van der Waals surface area contributed by atoms with Gasteiger partial charge >= 0.3 is 5.97 Å². The molecule has 1 N–H and O–H groups in total. The molecule has 0 saturated heterocycles. The SMILES string of the molecule is Cc1cccc(/C=C(/C(=O)O[C@H](C)C(=O)NC2CC2)c2cccs2)c1. The number of nitrogens with one attached hydrogen (secondary N) is 1.